The molecule has 28 heavy (non-hydrogen) atoms. The predicted octanol–water partition coefficient (Wildman–Crippen LogP) is 0.349. The van der Waals surface area contributed by atoms with E-state index in [0.717, 1.165) is 12.8 Å². The van der Waals surface area contributed by atoms with E-state index >= 15 is 0 Å². The number of allylic oxidation sites excluding steroid dienone is 8. The van der Waals surface area contributed by atoms with E-state index in [1.165, 1.54) is 22.3 Å². The van der Waals surface area contributed by atoms with Crippen molar-refractivity contribution in [3.63, 3.8) is 0 Å². The van der Waals surface area contributed by atoms with Crippen LogP contribution in [0.15, 0.2) is 103 Å². The number of rotatable bonds is 4. The Hall–Kier alpha value is -1.27. The Kier molecular flexibility index (Phi) is 8.63. The van der Waals surface area contributed by atoms with Gasteiger partial charge in [-0.25, -0.2) is 0 Å². The van der Waals surface area contributed by atoms with Crippen LogP contribution >= 0.6 is 0 Å². The van der Waals surface area contributed by atoms with Crippen LogP contribution in [0.2, 0.25) is 0 Å². The predicted molar refractivity (Wildman–Crippen MR) is 109 cm³/mol. The van der Waals surface area contributed by atoms with Crippen LogP contribution < -0.4 is 24.8 Å². The van der Waals surface area contributed by atoms with Crippen LogP contribution in [-0.4, -0.2) is 3.21 Å². The van der Waals surface area contributed by atoms with Gasteiger partial charge in [-0.1, -0.05) is 0 Å². The van der Waals surface area contributed by atoms with Gasteiger partial charge >= 0.3 is 165 Å². The molecule has 0 atom stereocenters. The van der Waals surface area contributed by atoms with Crippen LogP contribution in [0.1, 0.15) is 37.8 Å². The second-order valence-corrected chi connectivity index (χ2v) is 13.1. The van der Waals surface area contributed by atoms with E-state index in [0.29, 0.717) is 0 Å². The second kappa shape index (κ2) is 10.5. The molecule has 0 nitrogen and oxygen atoms in total. The molecule has 0 aromatic heterocycles. The monoisotopic (exact) mass is 484 g/mol. The van der Waals surface area contributed by atoms with Crippen molar-refractivity contribution in [1.82, 2.24) is 0 Å². The maximum atomic E-state index is 2.36. The summed E-state index contributed by atoms with van der Waals surface area (Å²) >= 11 is -2.22. The molecule has 4 rings (SSSR count). The molecule has 0 heterocycles. The SMILES string of the molecule is CC1=[C]([Zr+2]([C]2=C(C)C=CC2)=[C](c2ccccc2)c2ccccc2)CC=C1.[Cl-].[Cl-]. The molecule has 2 aliphatic rings. The van der Waals surface area contributed by atoms with Gasteiger partial charge in [0, 0.05) is 0 Å². The van der Waals surface area contributed by atoms with Crippen molar-refractivity contribution in [3.05, 3.63) is 114 Å². The van der Waals surface area contributed by atoms with Crippen molar-refractivity contribution < 1.29 is 46.1 Å². The van der Waals surface area contributed by atoms with Gasteiger partial charge in [-0.2, -0.15) is 0 Å². The summed E-state index contributed by atoms with van der Waals surface area (Å²) in [5, 5.41) is 0. The minimum Gasteiger partial charge on any atom is -1.00 e. The Morgan fingerprint density at radius 2 is 1.04 bits per heavy atom. The minimum absolute atomic E-state index is 0. The number of halogens is 2. The van der Waals surface area contributed by atoms with Gasteiger partial charge in [-0.15, -0.1) is 0 Å². The van der Waals surface area contributed by atoms with Crippen molar-refractivity contribution in [1.29, 1.82) is 0 Å². The van der Waals surface area contributed by atoms with Crippen molar-refractivity contribution in [2.24, 2.45) is 0 Å². The third-order valence-electron chi connectivity index (χ3n) is 5.31. The Morgan fingerprint density at radius 3 is 1.36 bits per heavy atom. The standard InChI is InChI=1S/C13H10.2C6H7.2ClH.Zr/c1-3-7-12(8-4-1)11-13-9-5-2-6-10-13;2*1-6-4-2-3-5-6;;;/h1-10H;2*2,4H,3H2,1H3;2*1H;/q;;;;;+2/p-2. The fraction of sp³-hybridized carbons (Fsp3) is 0.160. The van der Waals surface area contributed by atoms with Gasteiger partial charge in [0.2, 0.25) is 0 Å². The Balaban J connectivity index is 0.00000140. The Labute approximate surface area is 188 Å². The molecule has 0 radical (unpaired) electrons. The van der Waals surface area contributed by atoms with Crippen LogP contribution in [-0.2, 0) is 21.3 Å². The normalized spacial score (nSPS) is 14.5. The van der Waals surface area contributed by atoms with E-state index in [-0.39, 0.29) is 24.8 Å². The minimum atomic E-state index is -2.22. The van der Waals surface area contributed by atoms with Crippen molar-refractivity contribution in [2.75, 3.05) is 0 Å². The van der Waals surface area contributed by atoms with E-state index < -0.39 is 21.3 Å². The molecule has 0 amide bonds. The molecule has 0 spiro atoms. The van der Waals surface area contributed by atoms with E-state index in [2.05, 4.69) is 98.8 Å². The topological polar surface area (TPSA) is 0 Å². The maximum absolute atomic E-state index is 2.36. The summed E-state index contributed by atoms with van der Waals surface area (Å²) in [6, 6.07) is 22.2. The summed E-state index contributed by atoms with van der Waals surface area (Å²) in [6.07, 6.45) is 11.7. The average molecular weight is 487 g/mol. The van der Waals surface area contributed by atoms with Gasteiger partial charge in [0.25, 0.3) is 0 Å². The van der Waals surface area contributed by atoms with Gasteiger partial charge in [-0.05, 0) is 0 Å². The molecular formula is C25H24Cl2Zr. The molecule has 0 unspecified atom stereocenters. The van der Waals surface area contributed by atoms with E-state index in [4.69, 9.17) is 0 Å². The quantitative estimate of drug-likeness (QED) is 0.585. The first-order valence-corrected chi connectivity index (χ1v) is 13.0. The molecule has 3 heteroatoms. The molecule has 2 aliphatic carbocycles. The van der Waals surface area contributed by atoms with Gasteiger partial charge in [0.15, 0.2) is 0 Å². The van der Waals surface area contributed by atoms with Crippen molar-refractivity contribution >= 4 is 3.21 Å². The fourth-order valence-electron chi connectivity index (χ4n) is 3.98. The van der Waals surface area contributed by atoms with E-state index in [9.17, 15) is 0 Å². The molecule has 0 N–H and O–H groups in total. The maximum Gasteiger partial charge on any atom is -1.00 e. The van der Waals surface area contributed by atoms with Crippen LogP contribution in [0.5, 0.6) is 0 Å². The third kappa shape index (κ3) is 4.65. The molecule has 2 aromatic carbocycles. The van der Waals surface area contributed by atoms with Crippen LogP contribution in [0.25, 0.3) is 0 Å². The molecule has 0 bridgehead atoms. The summed E-state index contributed by atoms with van der Waals surface area (Å²) in [7, 11) is 0. The zero-order valence-corrected chi connectivity index (χ0v) is 20.2. The molecule has 0 saturated carbocycles. The molecule has 0 aliphatic heterocycles. The second-order valence-electron chi connectivity index (χ2n) is 7.02. The fourth-order valence-corrected chi connectivity index (χ4v) is 12.5. The van der Waals surface area contributed by atoms with Gasteiger partial charge < -0.3 is 24.8 Å². The first kappa shape index (κ1) is 23.0. The number of hydrogen-bond donors (Lipinski definition) is 0. The molecule has 142 valence electrons. The zero-order chi connectivity index (χ0) is 17.9. The Bertz CT molecular complexity index is 898. The van der Waals surface area contributed by atoms with Gasteiger partial charge in [-0.3, -0.25) is 0 Å². The summed E-state index contributed by atoms with van der Waals surface area (Å²) in [6.45, 7) is 4.62. The number of benzene rings is 2. The van der Waals surface area contributed by atoms with Gasteiger partial charge in [0.1, 0.15) is 0 Å². The molecule has 2 aromatic rings. The summed E-state index contributed by atoms with van der Waals surface area (Å²) in [5.74, 6) is 0. The van der Waals surface area contributed by atoms with Crippen LogP contribution in [0, 0.1) is 0 Å². The van der Waals surface area contributed by atoms with E-state index in [1.807, 2.05) is 0 Å². The third-order valence-corrected chi connectivity index (χ3v) is 13.9. The summed E-state index contributed by atoms with van der Waals surface area (Å²) < 4.78 is 5.12. The van der Waals surface area contributed by atoms with Crippen molar-refractivity contribution in [3.8, 4) is 0 Å². The largest absolute Gasteiger partial charge is 1.00 e. The first-order chi connectivity index (χ1) is 12.8. The molecule has 0 fully saturated rings. The van der Waals surface area contributed by atoms with Crippen LogP contribution in [0.4, 0.5) is 0 Å². The first-order valence-electron chi connectivity index (χ1n) is 9.34. The smallest absolute Gasteiger partial charge is 1.00 e. The molecular weight excluding hydrogens is 462 g/mol. The van der Waals surface area contributed by atoms with E-state index in [1.54, 1.807) is 9.77 Å². The molecule has 0 saturated heterocycles. The summed E-state index contributed by atoms with van der Waals surface area (Å²) in [4.78, 5) is 0. The van der Waals surface area contributed by atoms with Crippen molar-refractivity contribution in [2.45, 2.75) is 26.7 Å². The average Bonchev–Trinajstić information content (AvgIpc) is 3.29. The summed E-state index contributed by atoms with van der Waals surface area (Å²) in [5.41, 5.74) is 5.84. The van der Waals surface area contributed by atoms with Gasteiger partial charge in [0.05, 0.1) is 0 Å². The number of hydrogen-bond acceptors (Lipinski definition) is 0. The Morgan fingerprint density at radius 1 is 0.643 bits per heavy atom. The van der Waals surface area contributed by atoms with Crippen LogP contribution in [0.3, 0.4) is 0 Å². The zero-order valence-electron chi connectivity index (χ0n) is 16.3.